The van der Waals surface area contributed by atoms with E-state index in [4.69, 9.17) is 15.6 Å². The Hall–Kier alpha value is -0.910. The zero-order chi connectivity index (χ0) is 11.8. The lowest BCUT2D eigenvalue weighted by Gasteiger charge is -2.07. The number of aliphatic carboxylic acids is 1. The third kappa shape index (κ3) is 5.25. The average molecular weight is 243 g/mol. The molecule has 16 heavy (non-hydrogen) atoms. The number of rotatable bonds is 8. The maximum Gasteiger partial charge on any atom is 0.322 e. The Balaban J connectivity index is 1.94. The molecule has 1 aromatic heterocycles. The predicted octanol–water partition coefficient (Wildman–Crippen LogP) is 1.50. The van der Waals surface area contributed by atoms with E-state index in [1.165, 1.54) is 5.56 Å². The highest BCUT2D eigenvalue weighted by molar-refractivity contribution is 7.07. The standard InChI is InChI=1S/C11H17NO3S/c12-10(11(13)14)7-15-5-2-1-3-9-4-6-16-8-9/h4,6,8,10H,1-3,5,7,12H2,(H,13,14)/t10-/m0/s1. The van der Waals surface area contributed by atoms with E-state index in [2.05, 4.69) is 16.8 Å². The van der Waals surface area contributed by atoms with E-state index in [-0.39, 0.29) is 6.61 Å². The molecule has 0 saturated carbocycles. The molecule has 5 heteroatoms. The number of aryl methyl sites for hydroxylation is 1. The number of carboxylic acid groups (broad SMARTS) is 1. The lowest BCUT2D eigenvalue weighted by Crippen LogP contribution is -2.34. The van der Waals surface area contributed by atoms with Crippen molar-refractivity contribution in [3.63, 3.8) is 0 Å². The highest BCUT2D eigenvalue weighted by Gasteiger charge is 2.10. The molecule has 1 heterocycles. The summed E-state index contributed by atoms with van der Waals surface area (Å²) >= 11 is 1.70. The lowest BCUT2D eigenvalue weighted by molar-refractivity contribution is -0.140. The van der Waals surface area contributed by atoms with Crippen LogP contribution < -0.4 is 5.73 Å². The fourth-order valence-electron chi connectivity index (χ4n) is 1.25. The van der Waals surface area contributed by atoms with Gasteiger partial charge >= 0.3 is 5.97 Å². The maximum atomic E-state index is 10.4. The first-order valence-electron chi connectivity index (χ1n) is 5.27. The third-order valence-corrected chi connectivity index (χ3v) is 2.93. The van der Waals surface area contributed by atoms with Crippen molar-refractivity contribution in [3.8, 4) is 0 Å². The van der Waals surface area contributed by atoms with E-state index in [1.807, 2.05) is 0 Å². The first-order valence-corrected chi connectivity index (χ1v) is 6.21. The molecule has 4 nitrogen and oxygen atoms in total. The molecule has 0 unspecified atom stereocenters. The number of hydrogen-bond donors (Lipinski definition) is 2. The molecule has 90 valence electrons. The van der Waals surface area contributed by atoms with Crippen molar-refractivity contribution < 1.29 is 14.6 Å². The normalized spacial score (nSPS) is 12.6. The Kier molecular flexibility index (Phi) is 6.07. The summed E-state index contributed by atoms with van der Waals surface area (Å²) in [6.45, 7) is 0.666. The van der Waals surface area contributed by atoms with Gasteiger partial charge in [-0.15, -0.1) is 0 Å². The molecule has 0 fully saturated rings. The first-order chi connectivity index (χ1) is 7.70. The molecule has 0 amide bonds. The summed E-state index contributed by atoms with van der Waals surface area (Å²) in [7, 11) is 0. The van der Waals surface area contributed by atoms with Crippen LogP contribution in [0.5, 0.6) is 0 Å². The van der Waals surface area contributed by atoms with Crippen molar-refractivity contribution >= 4 is 17.3 Å². The van der Waals surface area contributed by atoms with E-state index in [1.54, 1.807) is 11.3 Å². The maximum absolute atomic E-state index is 10.4. The number of carboxylic acids is 1. The second kappa shape index (κ2) is 7.38. The summed E-state index contributed by atoms with van der Waals surface area (Å²) in [4.78, 5) is 10.4. The summed E-state index contributed by atoms with van der Waals surface area (Å²) in [5.74, 6) is -1.02. The van der Waals surface area contributed by atoms with Gasteiger partial charge in [0.15, 0.2) is 0 Å². The molecule has 0 aromatic carbocycles. The zero-order valence-electron chi connectivity index (χ0n) is 9.09. The molecule has 1 rings (SSSR count). The lowest BCUT2D eigenvalue weighted by atomic mass is 10.1. The van der Waals surface area contributed by atoms with Crippen LogP contribution in [0.2, 0.25) is 0 Å². The van der Waals surface area contributed by atoms with E-state index < -0.39 is 12.0 Å². The van der Waals surface area contributed by atoms with E-state index >= 15 is 0 Å². The summed E-state index contributed by atoms with van der Waals surface area (Å²) in [5, 5.41) is 12.7. The fourth-order valence-corrected chi connectivity index (χ4v) is 1.95. The minimum atomic E-state index is -1.02. The molecular formula is C11H17NO3S. The topological polar surface area (TPSA) is 72.5 Å². The largest absolute Gasteiger partial charge is 0.480 e. The average Bonchev–Trinajstić information content (AvgIpc) is 2.75. The minimum Gasteiger partial charge on any atom is -0.480 e. The third-order valence-electron chi connectivity index (χ3n) is 2.20. The number of unbranched alkanes of at least 4 members (excludes halogenated alkanes) is 1. The highest BCUT2D eigenvalue weighted by Crippen LogP contribution is 2.09. The molecule has 0 radical (unpaired) electrons. The van der Waals surface area contributed by atoms with Gasteiger partial charge in [0, 0.05) is 6.61 Å². The van der Waals surface area contributed by atoms with Gasteiger partial charge in [0.25, 0.3) is 0 Å². The highest BCUT2D eigenvalue weighted by atomic mass is 32.1. The Labute approximate surface area is 99.0 Å². The SMILES string of the molecule is N[C@@H](COCCCCc1ccsc1)C(=O)O. The van der Waals surface area contributed by atoms with Crippen LogP contribution in [0.25, 0.3) is 0 Å². The predicted molar refractivity (Wildman–Crippen MR) is 63.7 cm³/mol. The van der Waals surface area contributed by atoms with Crippen LogP contribution in [-0.4, -0.2) is 30.3 Å². The molecule has 0 saturated heterocycles. The smallest absolute Gasteiger partial charge is 0.322 e. The Morgan fingerprint density at radius 3 is 3.00 bits per heavy atom. The summed E-state index contributed by atoms with van der Waals surface area (Å²) in [5.41, 5.74) is 6.64. The summed E-state index contributed by atoms with van der Waals surface area (Å²) in [6, 6.07) is 1.21. The van der Waals surface area contributed by atoms with Crippen molar-refractivity contribution in [2.24, 2.45) is 5.73 Å². The van der Waals surface area contributed by atoms with Crippen LogP contribution in [0.4, 0.5) is 0 Å². The van der Waals surface area contributed by atoms with Gasteiger partial charge in [0.05, 0.1) is 6.61 Å². The van der Waals surface area contributed by atoms with Gasteiger partial charge in [-0.1, -0.05) is 0 Å². The second-order valence-corrected chi connectivity index (χ2v) is 4.39. The van der Waals surface area contributed by atoms with Crippen molar-refractivity contribution in [1.29, 1.82) is 0 Å². The minimum absolute atomic E-state index is 0.0911. The molecule has 0 bridgehead atoms. The Bertz CT molecular complexity index is 300. The van der Waals surface area contributed by atoms with Gasteiger partial charge in [-0.3, -0.25) is 4.79 Å². The van der Waals surface area contributed by atoms with Gasteiger partial charge in [-0.25, -0.2) is 0 Å². The summed E-state index contributed by atoms with van der Waals surface area (Å²) < 4.78 is 5.17. The molecule has 0 spiro atoms. The van der Waals surface area contributed by atoms with Gasteiger partial charge < -0.3 is 15.6 Å². The molecule has 1 aromatic rings. The molecule has 3 N–H and O–H groups in total. The van der Waals surface area contributed by atoms with Gasteiger partial charge in [0.2, 0.25) is 0 Å². The number of nitrogens with two attached hydrogens (primary N) is 1. The molecule has 0 aliphatic rings. The van der Waals surface area contributed by atoms with E-state index in [9.17, 15) is 4.79 Å². The van der Waals surface area contributed by atoms with Crippen LogP contribution in [-0.2, 0) is 16.0 Å². The second-order valence-electron chi connectivity index (χ2n) is 3.61. The van der Waals surface area contributed by atoms with Gasteiger partial charge in [0.1, 0.15) is 6.04 Å². The number of hydrogen-bond acceptors (Lipinski definition) is 4. The molecule has 0 aliphatic carbocycles. The fraction of sp³-hybridized carbons (Fsp3) is 0.545. The van der Waals surface area contributed by atoms with Crippen LogP contribution in [0.1, 0.15) is 18.4 Å². The number of carbonyl (C=O) groups is 1. The zero-order valence-corrected chi connectivity index (χ0v) is 9.91. The Morgan fingerprint density at radius 1 is 1.56 bits per heavy atom. The molecule has 0 aliphatic heterocycles. The van der Waals surface area contributed by atoms with Crippen LogP contribution in [0.15, 0.2) is 16.8 Å². The van der Waals surface area contributed by atoms with Gasteiger partial charge in [-0.05, 0) is 41.7 Å². The van der Waals surface area contributed by atoms with E-state index in [0.717, 1.165) is 19.3 Å². The number of ether oxygens (including phenoxy) is 1. The van der Waals surface area contributed by atoms with Crippen molar-refractivity contribution in [1.82, 2.24) is 0 Å². The molecular weight excluding hydrogens is 226 g/mol. The van der Waals surface area contributed by atoms with Crippen LogP contribution in [0, 0.1) is 0 Å². The monoisotopic (exact) mass is 243 g/mol. The molecule has 1 atom stereocenters. The van der Waals surface area contributed by atoms with Crippen molar-refractivity contribution in [3.05, 3.63) is 22.4 Å². The van der Waals surface area contributed by atoms with Gasteiger partial charge in [-0.2, -0.15) is 11.3 Å². The number of thiophene rings is 1. The first kappa shape index (κ1) is 13.2. The Morgan fingerprint density at radius 2 is 2.38 bits per heavy atom. The van der Waals surface area contributed by atoms with Crippen LogP contribution >= 0.6 is 11.3 Å². The van der Waals surface area contributed by atoms with Crippen molar-refractivity contribution in [2.45, 2.75) is 25.3 Å². The van der Waals surface area contributed by atoms with Crippen molar-refractivity contribution in [2.75, 3.05) is 13.2 Å². The van der Waals surface area contributed by atoms with E-state index in [0.29, 0.717) is 6.61 Å². The van der Waals surface area contributed by atoms with Crippen LogP contribution in [0.3, 0.4) is 0 Å². The summed E-state index contributed by atoms with van der Waals surface area (Å²) in [6.07, 6.45) is 3.04. The quantitative estimate of drug-likeness (QED) is 0.679.